The number of nitrogens with zero attached hydrogens (tertiary/aromatic N) is 2. The van der Waals surface area contributed by atoms with Gasteiger partial charge in [-0.2, -0.15) is 0 Å². The molecule has 1 aliphatic rings. The van der Waals surface area contributed by atoms with Crippen molar-refractivity contribution in [1.82, 2.24) is 10.2 Å². The molecular formula is C27H28Cl2N4O5S. The lowest BCUT2D eigenvalue weighted by Crippen LogP contribution is -2.62. The van der Waals surface area contributed by atoms with Crippen LogP contribution in [0.1, 0.15) is 17.2 Å². The third kappa shape index (κ3) is 7.02. The molecule has 0 atom stereocenters. The maximum Gasteiger partial charge on any atom is 0.244 e. The minimum absolute atomic E-state index is 0.176. The van der Waals surface area contributed by atoms with E-state index in [0.717, 1.165) is 11.1 Å². The quantitative estimate of drug-likeness (QED) is 0.353. The summed E-state index contributed by atoms with van der Waals surface area (Å²) in [5.41, 5.74) is 7.42. The van der Waals surface area contributed by atoms with Gasteiger partial charge in [0.1, 0.15) is 11.5 Å². The number of primary amides is 1. The van der Waals surface area contributed by atoms with Gasteiger partial charge in [0.05, 0.1) is 31.4 Å². The number of amides is 2. The second kappa shape index (κ2) is 12.3. The zero-order chi connectivity index (χ0) is 28.2. The number of hydrogen-bond donors (Lipinski definition) is 2. The molecule has 1 aliphatic heterocycles. The fourth-order valence-corrected chi connectivity index (χ4v) is 6.42. The number of likely N-dealkylation sites (tertiary alicyclic amines) is 1. The Morgan fingerprint density at radius 1 is 1.03 bits per heavy atom. The maximum atomic E-state index is 13.6. The van der Waals surface area contributed by atoms with Gasteiger partial charge >= 0.3 is 0 Å². The van der Waals surface area contributed by atoms with Gasteiger partial charge in [0.2, 0.25) is 21.8 Å². The summed E-state index contributed by atoms with van der Waals surface area (Å²) in [6.07, 6.45) is 0. The first-order chi connectivity index (χ1) is 18.6. The summed E-state index contributed by atoms with van der Waals surface area (Å²) in [7, 11) is -2.66. The Hall–Kier alpha value is -3.31. The molecule has 4 rings (SSSR count). The minimum atomic E-state index is -4.15. The molecule has 1 heterocycles. The van der Waals surface area contributed by atoms with Crippen molar-refractivity contribution in [2.75, 3.05) is 36.8 Å². The fourth-order valence-electron chi connectivity index (χ4n) is 4.57. The number of rotatable bonds is 11. The lowest BCUT2D eigenvalue weighted by atomic mass is 9.93. The van der Waals surface area contributed by atoms with Crippen molar-refractivity contribution in [2.24, 2.45) is 5.73 Å². The molecular weight excluding hydrogens is 563 g/mol. The normalized spacial score (nSPS) is 14.1. The average molecular weight is 592 g/mol. The highest BCUT2D eigenvalue weighted by Gasteiger charge is 2.42. The van der Waals surface area contributed by atoms with E-state index in [1.807, 2.05) is 48.5 Å². The fraction of sp³-hybridized carbons (Fsp3) is 0.259. The number of benzene rings is 3. The highest BCUT2D eigenvalue weighted by Crippen LogP contribution is 2.37. The molecule has 0 aliphatic carbocycles. The van der Waals surface area contributed by atoms with Gasteiger partial charge < -0.3 is 15.8 Å². The summed E-state index contributed by atoms with van der Waals surface area (Å²) in [5.74, 6) is -1.96. The topological polar surface area (TPSA) is 122 Å². The molecule has 9 nitrogen and oxygen atoms in total. The van der Waals surface area contributed by atoms with Gasteiger partial charge in [-0.05, 0) is 47.5 Å². The third-order valence-electron chi connectivity index (χ3n) is 6.34. The first-order valence-corrected chi connectivity index (χ1v) is 14.4. The van der Waals surface area contributed by atoms with Crippen LogP contribution in [-0.4, -0.2) is 63.7 Å². The van der Waals surface area contributed by atoms with Crippen LogP contribution < -0.4 is 20.1 Å². The third-order valence-corrected chi connectivity index (χ3v) is 8.58. The van der Waals surface area contributed by atoms with Crippen molar-refractivity contribution in [3.8, 4) is 5.75 Å². The van der Waals surface area contributed by atoms with Gasteiger partial charge in [-0.3, -0.25) is 18.8 Å². The summed E-state index contributed by atoms with van der Waals surface area (Å²) in [6, 6.07) is 21.0. The number of sulfonamides is 1. The maximum absolute atomic E-state index is 13.6. The second-order valence-corrected chi connectivity index (χ2v) is 11.8. The molecule has 3 aromatic carbocycles. The van der Waals surface area contributed by atoms with Crippen molar-refractivity contribution in [3.05, 3.63) is 94.0 Å². The number of nitrogens with one attached hydrogen (secondary N) is 1. The molecule has 0 unspecified atom stereocenters. The first-order valence-electron chi connectivity index (χ1n) is 12.0. The lowest BCUT2D eigenvalue weighted by molar-refractivity contribution is -0.123. The smallest absolute Gasteiger partial charge is 0.244 e. The number of halogens is 2. The van der Waals surface area contributed by atoms with Crippen LogP contribution in [0.2, 0.25) is 10.0 Å². The van der Waals surface area contributed by atoms with Gasteiger partial charge in [0.15, 0.2) is 0 Å². The number of methoxy groups -OCH3 is 1. The predicted molar refractivity (Wildman–Crippen MR) is 152 cm³/mol. The number of hydrogen-bond acceptors (Lipinski definition) is 6. The molecule has 0 aromatic heterocycles. The summed E-state index contributed by atoms with van der Waals surface area (Å²) in [5, 5.41) is 3.47. The van der Waals surface area contributed by atoms with E-state index >= 15 is 0 Å². The molecule has 39 heavy (non-hydrogen) atoms. The summed E-state index contributed by atoms with van der Waals surface area (Å²) in [6.45, 7) is 0.319. The molecule has 0 saturated carbocycles. The molecule has 3 aromatic rings. The monoisotopic (exact) mass is 590 g/mol. The van der Waals surface area contributed by atoms with Crippen LogP contribution in [0, 0.1) is 0 Å². The summed E-state index contributed by atoms with van der Waals surface area (Å²) in [4.78, 5) is 25.6. The molecule has 206 valence electrons. The van der Waals surface area contributed by atoms with E-state index in [0.29, 0.717) is 34.6 Å². The molecule has 12 heteroatoms. The van der Waals surface area contributed by atoms with E-state index in [2.05, 4.69) is 10.2 Å². The van der Waals surface area contributed by atoms with Crippen LogP contribution in [0.25, 0.3) is 0 Å². The number of carbonyl (C=O) groups is 2. The second-order valence-electron chi connectivity index (χ2n) is 9.11. The Labute approximate surface area is 237 Å². The number of nitrogens with two attached hydrogens (primary N) is 1. The van der Waals surface area contributed by atoms with E-state index < -0.39 is 40.2 Å². The van der Waals surface area contributed by atoms with E-state index in [-0.39, 0.29) is 6.04 Å². The zero-order valence-electron chi connectivity index (χ0n) is 21.1. The van der Waals surface area contributed by atoms with Gasteiger partial charge in [-0.1, -0.05) is 53.5 Å². The van der Waals surface area contributed by atoms with Gasteiger partial charge in [-0.25, -0.2) is 8.42 Å². The molecule has 0 spiro atoms. The predicted octanol–water partition coefficient (Wildman–Crippen LogP) is 3.21. The van der Waals surface area contributed by atoms with E-state index in [1.165, 1.54) is 11.4 Å². The van der Waals surface area contributed by atoms with Crippen LogP contribution in [0.15, 0.2) is 72.8 Å². The van der Waals surface area contributed by atoms with Crippen LogP contribution >= 0.6 is 23.2 Å². The molecule has 1 saturated heterocycles. The zero-order valence-corrected chi connectivity index (χ0v) is 23.4. The van der Waals surface area contributed by atoms with Crippen molar-refractivity contribution in [2.45, 2.75) is 12.1 Å². The first kappa shape index (κ1) is 28.7. The molecule has 3 N–H and O–H groups in total. The lowest BCUT2D eigenvalue weighted by Gasteiger charge is -2.49. The van der Waals surface area contributed by atoms with Gasteiger partial charge in [-0.15, -0.1) is 0 Å². The van der Waals surface area contributed by atoms with E-state index in [1.54, 1.807) is 24.3 Å². The SMILES string of the molecule is COc1cccc(N(C2CN(C(c3ccc(Cl)cc3)c3ccc(Cl)cc3)C2)S(=O)(=O)CC(=O)NCC(N)=O)c1. The standard InChI is InChI=1S/C27H28Cl2N4O5S/c1-38-24-4-2-3-22(13-24)33(39(36,37)17-26(35)31-14-25(30)34)23-15-32(16-23)27(18-5-9-20(28)10-6-18)19-7-11-21(29)12-8-19/h2-13,23,27H,14-17H2,1H3,(H2,30,34)(H,31,35). The summed E-state index contributed by atoms with van der Waals surface area (Å²) < 4.78 is 33.7. The van der Waals surface area contributed by atoms with Crippen molar-refractivity contribution in [1.29, 1.82) is 0 Å². The van der Waals surface area contributed by atoms with Gasteiger partial charge in [0, 0.05) is 29.2 Å². The Morgan fingerprint density at radius 3 is 2.10 bits per heavy atom. The van der Waals surface area contributed by atoms with Crippen LogP contribution in [0.3, 0.4) is 0 Å². The summed E-state index contributed by atoms with van der Waals surface area (Å²) >= 11 is 12.3. The molecule has 0 bridgehead atoms. The highest BCUT2D eigenvalue weighted by molar-refractivity contribution is 7.93. The van der Waals surface area contributed by atoms with Crippen LogP contribution in [0.4, 0.5) is 5.69 Å². The largest absolute Gasteiger partial charge is 0.497 e. The Morgan fingerprint density at radius 2 is 1.59 bits per heavy atom. The van der Waals surface area contributed by atoms with Crippen LogP contribution in [0.5, 0.6) is 5.75 Å². The Kier molecular flexibility index (Phi) is 9.01. The minimum Gasteiger partial charge on any atom is -0.497 e. The van der Waals surface area contributed by atoms with E-state index in [9.17, 15) is 18.0 Å². The molecule has 0 radical (unpaired) electrons. The number of ether oxygens (including phenoxy) is 1. The van der Waals surface area contributed by atoms with Crippen molar-refractivity contribution >= 4 is 50.7 Å². The highest BCUT2D eigenvalue weighted by atomic mass is 35.5. The number of carbonyl (C=O) groups excluding carboxylic acids is 2. The Bertz CT molecular complexity index is 1380. The van der Waals surface area contributed by atoms with E-state index in [4.69, 9.17) is 33.7 Å². The van der Waals surface area contributed by atoms with Crippen molar-refractivity contribution in [3.63, 3.8) is 0 Å². The van der Waals surface area contributed by atoms with Crippen molar-refractivity contribution < 1.29 is 22.7 Å². The number of anilines is 1. The van der Waals surface area contributed by atoms with Crippen LogP contribution in [-0.2, 0) is 19.6 Å². The average Bonchev–Trinajstić information content (AvgIpc) is 2.87. The Balaban J connectivity index is 1.63. The molecule has 1 fully saturated rings. The molecule has 2 amide bonds. The van der Waals surface area contributed by atoms with Gasteiger partial charge in [0.25, 0.3) is 0 Å².